The number of ether oxygens (including phenoxy) is 1. The van der Waals surface area contributed by atoms with Crippen LogP contribution in [0.1, 0.15) is 23.6 Å². The molecule has 0 bridgehead atoms. The SMILES string of the molecule is CN=C(NCc1cnn(-c2ccccc2)c1)NC1CCc2nc(COC)nn2C1. The average molecular weight is 394 g/mol. The Labute approximate surface area is 169 Å². The summed E-state index contributed by atoms with van der Waals surface area (Å²) in [7, 11) is 3.44. The molecule has 29 heavy (non-hydrogen) atoms. The zero-order valence-corrected chi connectivity index (χ0v) is 16.7. The first-order chi connectivity index (χ1) is 14.2. The second-order valence-electron chi connectivity index (χ2n) is 6.99. The van der Waals surface area contributed by atoms with Crippen molar-refractivity contribution < 1.29 is 4.74 Å². The van der Waals surface area contributed by atoms with E-state index in [4.69, 9.17) is 4.74 Å². The number of para-hydroxylation sites is 1. The van der Waals surface area contributed by atoms with Crippen molar-refractivity contribution in [3.63, 3.8) is 0 Å². The van der Waals surface area contributed by atoms with Crippen molar-refractivity contribution in [1.29, 1.82) is 0 Å². The van der Waals surface area contributed by atoms with Crippen LogP contribution < -0.4 is 10.6 Å². The molecule has 1 atom stereocenters. The third kappa shape index (κ3) is 4.62. The number of aliphatic imine (C=N–C) groups is 1. The van der Waals surface area contributed by atoms with Crippen molar-refractivity contribution in [2.75, 3.05) is 14.2 Å². The number of aryl methyl sites for hydroxylation is 1. The summed E-state index contributed by atoms with van der Waals surface area (Å²) in [6, 6.07) is 10.3. The van der Waals surface area contributed by atoms with Crippen LogP contribution in [0, 0.1) is 0 Å². The first kappa shape index (κ1) is 19.1. The van der Waals surface area contributed by atoms with E-state index in [1.165, 1.54) is 0 Å². The van der Waals surface area contributed by atoms with E-state index in [0.717, 1.165) is 48.2 Å². The van der Waals surface area contributed by atoms with Crippen LogP contribution in [0.4, 0.5) is 0 Å². The number of nitrogens with zero attached hydrogens (tertiary/aromatic N) is 6. The number of hydrogen-bond acceptors (Lipinski definition) is 5. The first-order valence-corrected chi connectivity index (χ1v) is 9.73. The normalized spacial score (nSPS) is 16.5. The lowest BCUT2D eigenvalue weighted by Crippen LogP contribution is -2.46. The standard InChI is InChI=1S/C20H26N8O/c1-21-20(22-10-15-11-23-27(12-15)17-6-4-3-5-7-17)24-16-8-9-19-25-18(14-29-2)26-28(19)13-16/h3-7,11-12,16H,8-10,13-14H2,1-2H3,(H2,21,22,24). The van der Waals surface area contributed by atoms with Crippen LogP contribution in [0.2, 0.25) is 0 Å². The molecule has 4 rings (SSSR count). The summed E-state index contributed by atoms with van der Waals surface area (Å²) < 4.78 is 8.97. The van der Waals surface area contributed by atoms with Gasteiger partial charge in [-0.25, -0.2) is 14.3 Å². The molecule has 3 heterocycles. The molecule has 9 nitrogen and oxygen atoms in total. The quantitative estimate of drug-likeness (QED) is 0.483. The number of benzene rings is 1. The molecule has 0 saturated carbocycles. The fourth-order valence-corrected chi connectivity index (χ4v) is 3.42. The van der Waals surface area contributed by atoms with E-state index < -0.39 is 0 Å². The molecule has 0 radical (unpaired) electrons. The average Bonchev–Trinajstić information content (AvgIpc) is 3.38. The second-order valence-corrected chi connectivity index (χ2v) is 6.99. The Morgan fingerprint density at radius 3 is 2.97 bits per heavy atom. The zero-order chi connectivity index (χ0) is 20.1. The van der Waals surface area contributed by atoms with E-state index in [0.29, 0.717) is 13.2 Å². The number of fused-ring (bicyclic) bond motifs is 1. The highest BCUT2D eigenvalue weighted by Crippen LogP contribution is 2.13. The molecule has 0 amide bonds. The van der Waals surface area contributed by atoms with Gasteiger partial charge in [-0.1, -0.05) is 18.2 Å². The molecule has 2 N–H and O–H groups in total. The molecule has 2 aromatic heterocycles. The van der Waals surface area contributed by atoms with Crippen molar-refractivity contribution in [2.45, 2.75) is 38.6 Å². The minimum atomic E-state index is 0.248. The van der Waals surface area contributed by atoms with Crippen molar-refractivity contribution in [3.05, 3.63) is 59.9 Å². The Kier molecular flexibility index (Phi) is 5.85. The van der Waals surface area contributed by atoms with Crippen molar-refractivity contribution in [1.82, 2.24) is 35.2 Å². The third-order valence-electron chi connectivity index (χ3n) is 4.86. The van der Waals surface area contributed by atoms with Gasteiger partial charge in [-0.2, -0.15) is 10.2 Å². The van der Waals surface area contributed by atoms with Crippen LogP contribution in [0.5, 0.6) is 0 Å². The molecular weight excluding hydrogens is 368 g/mol. The predicted octanol–water partition coefficient (Wildman–Crippen LogP) is 1.29. The summed E-state index contributed by atoms with van der Waals surface area (Å²) in [5.41, 5.74) is 2.13. The van der Waals surface area contributed by atoms with E-state index in [-0.39, 0.29) is 6.04 Å². The van der Waals surface area contributed by atoms with E-state index >= 15 is 0 Å². The molecular formula is C20H26N8O. The maximum atomic E-state index is 5.13. The summed E-state index contributed by atoms with van der Waals surface area (Å²) in [5, 5.41) is 15.8. The van der Waals surface area contributed by atoms with Gasteiger partial charge in [0.15, 0.2) is 11.8 Å². The highest BCUT2D eigenvalue weighted by atomic mass is 16.5. The van der Waals surface area contributed by atoms with Gasteiger partial charge in [0, 0.05) is 44.9 Å². The molecule has 0 saturated heterocycles. The lowest BCUT2D eigenvalue weighted by molar-refractivity contribution is 0.177. The molecule has 9 heteroatoms. The van der Waals surface area contributed by atoms with Crippen molar-refractivity contribution >= 4 is 5.96 Å². The monoisotopic (exact) mass is 394 g/mol. The topological polar surface area (TPSA) is 94.2 Å². The highest BCUT2D eigenvalue weighted by molar-refractivity contribution is 5.79. The van der Waals surface area contributed by atoms with E-state index in [1.807, 2.05) is 52.1 Å². The third-order valence-corrected chi connectivity index (χ3v) is 4.86. The minimum absolute atomic E-state index is 0.248. The van der Waals surface area contributed by atoms with Gasteiger partial charge in [-0.3, -0.25) is 4.99 Å². The van der Waals surface area contributed by atoms with Crippen LogP contribution >= 0.6 is 0 Å². The summed E-state index contributed by atoms with van der Waals surface area (Å²) in [6.45, 7) is 1.85. The maximum absolute atomic E-state index is 5.13. The summed E-state index contributed by atoms with van der Waals surface area (Å²) in [5.74, 6) is 2.52. The van der Waals surface area contributed by atoms with Gasteiger partial charge in [-0.15, -0.1) is 0 Å². The maximum Gasteiger partial charge on any atom is 0.191 e. The van der Waals surface area contributed by atoms with Gasteiger partial charge in [0.2, 0.25) is 0 Å². The molecule has 1 aliphatic heterocycles. The minimum Gasteiger partial charge on any atom is -0.377 e. The number of nitrogens with one attached hydrogen (secondary N) is 2. The Hall–Kier alpha value is -3.20. The largest absolute Gasteiger partial charge is 0.377 e. The molecule has 1 unspecified atom stereocenters. The van der Waals surface area contributed by atoms with Crippen LogP contribution in [-0.4, -0.2) is 50.7 Å². The van der Waals surface area contributed by atoms with Gasteiger partial charge >= 0.3 is 0 Å². The molecule has 152 valence electrons. The number of methoxy groups -OCH3 is 1. The lowest BCUT2D eigenvalue weighted by Gasteiger charge is -2.25. The van der Waals surface area contributed by atoms with Gasteiger partial charge in [0.25, 0.3) is 0 Å². The Morgan fingerprint density at radius 1 is 1.31 bits per heavy atom. The first-order valence-electron chi connectivity index (χ1n) is 9.73. The van der Waals surface area contributed by atoms with E-state index in [2.05, 4.69) is 30.8 Å². The fraction of sp³-hybridized carbons (Fsp3) is 0.400. The van der Waals surface area contributed by atoms with Gasteiger partial charge in [-0.05, 0) is 18.6 Å². The van der Waals surface area contributed by atoms with Crippen LogP contribution in [0.3, 0.4) is 0 Å². The van der Waals surface area contributed by atoms with E-state index in [1.54, 1.807) is 14.2 Å². The second kappa shape index (κ2) is 8.87. The molecule has 3 aromatic rings. The lowest BCUT2D eigenvalue weighted by atomic mass is 10.1. The molecule has 0 fully saturated rings. The van der Waals surface area contributed by atoms with Crippen LogP contribution in [-0.2, 0) is 30.9 Å². The number of aromatic nitrogens is 5. The fourth-order valence-electron chi connectivity index (χ4n) is 3.42. The van der Waals surface area contributed by atoms with Crippen LogP contribution in [0.25, 0.3) is 5.69 Å². The Morgan fingerprint density at radius 2 is 2.17 bits per heavy atom. The van der Waals surface area contributed by atoms with Crippen LogP contribution in [0.15, 0.2) is 47.7 Å². The smallest absolute Gasteiger partial charge is 0.191 e. The van der Waals surface area contributed by atoms with E-state index in [9.17, 15) is 0 Å². The Balaban J connectivity index is 1.32. The number of rotatable bonds is 6. The zero-order valence-electron chi connectivity index (χ0n) is 16.7. The molecule has 1 aromatic carbocycles. The van der Waals surface area contributed by atoms with Crippen molar-refractivity contribution in [2.24, 2.45) is 4.99 Å². The summed E-state index contributed by atoms with van der Waals surface area (Å²) in [6.07, 6.45) is 5.76. The van der Waals surface area contributed by atoms with Crippen molar-refractivity contribution in [3.8, 4) is 5.69 Å². The Bertz CT molecular complexity index is 962. The molecule has 1 aliphatic rings. The van der Waals surface area contributed by atoms with Gasteiger partial charge in [0.1, 0.15) is 12.4 Å². The number of guanidine groups is 1. The van der Waals surface area contributed by atoms with Gasteiger partial charge < -0.3 is 15.4 Å². The number of hydrogen-bond donors (Lipinski definition) is 2. The summed E-state index contributed by atoms with van der Waals surface area (Å²) in [4.78, 5) is 8.88. The molecule has 0 spiro atoms. The predicted molar refractivity (Wildman–Crippen MR) is 110 cm³/mol. The highest BCUT2D eigenvalue weighted by Gasteiger charge is 2.22. The summed E-state index contributed by atoms with van der Waals surface area (Å²) >= 11 is 0. The van der Waals surface area contributed by atoms with Gasteiger partial charge in [0.05, 0.1) is 18.4 Å². The molecule has 0 aliphatic carbocycles.